The van der Waals surface area contributed by atoms with Gasteiger partial charge in [0.1, 0.15) is 6.04 Å². The summed E-state index contributed by atoms with van der Waals surface area (Å²) >= 11 is 0. The quantitative estimate of drug-likeness (QED) is 0.871. The van der Waals surface area contributed by atoms with Gasteiger partial charge in [-0.05, 0) is 31.1 Å². The summed E-state index contributed by atoms with van der Waals surface area (Å²) in [5.41, 5.74) is -0.193. The summed E-state index contributed by atoms with van der Waals surface area (Å²) in [4.78, 5) is 26.4. The highest BCUT2D eigenvalue weighted by atomic mass is 16.5. The Kier molecular flexibility index (Phi) is 5.29. The summed E-state index contributed by atoms with van der Waals surface area (Å²) in [7, 11) is 1.31. The van der Waals surface area contributed by atoms with Crippen LogP contribution in [0.15, 0.2) is 0 Å². The number of alkyl carbamates (subject to hydrolysis) is 1. The Bertz CT molecular complexity index is 401. The molecule has 5 heteroatoms. The van der Waals surface area contributed by atoms with E-state index in [9.17, 15) is 9.59 Å². The van der Waals surface area contributed by atoms with Crippen molar-refractivity contribution < 1.29 is 14.3 Å². The number of nitrogens with one attached hydrogen (secondary N) is 1. The molecule has 2 atom stereocenters. The van der Waals surface area contributed by atoms with Gasteiger partial charge in [-0.3, -0.25) is 4.79 Å². The Balaban J connectivity index is 3.00. The van der Waals surface area contributed by atoms with Gasteiger partial charge in [0.15, 0.2) is 0 Å². The van der Waals surface area contributed by atoms with Gasteiger partial charge in [0.2, 0.25) is 5.91 Å². The summed E-state index contributed by atoms with van der Waals surface area (Å²) in [5.74, 6) is 0.00624. The first-order valence-electron chi connectivity index (χ1n) is 7.70. The van der Waals surface area contributed by atoms with Crippen molar-refractivity contribution in [3.05, 3.63) is 0 Å². The van der Waals surface area contributed by atoms with Crippen LogP contribution < -0.4 is 5.32 Å². The summed E-state index contributed by atoms with van der Waals surface area (Å²) in [5, 5.41) is 2.68. The van der Waals surface area contributed by atoms with Crippen LogP contribution in [0.3, 0.4) is 0 Å². The molecule has 0 saturated carbocycles. The lowest BCUT2D eigenvalue weighted by molar-refractivity contribution is -0.142. The molecule has 0 radical (unpaired) electrons. The molecule has 1 heterocycles. The fourth-order valence-electron chi connectivity index (χ4n) is 2.96. The number of hydrogen-bond acceptors (Lipinski definition) is 3. The topological polar surface area (TPSA) is 58.6 Å². The van der Waals surface area contributed by atoms with Crippen molar-refractivity contribution in [1.29, 1.82) is 0 Å². The molecule has 1 saturated heterocycles. The van der Waals surface area contributed by atoms with E-state index in [0.29, 0.717) is 0 Å². The number of nitrogens with zero attached hydrogens (tertiary/aromatic N) is 1. The smallest absolute Gasteiger partial charge is 0.407 e. The molecule has 1 rings (SSSR count). The number of methoxy groups -OCH3 is 1. The SMILES string of the molecule is COC(=O)N[C@H](C(=O)N1CCC[C@@]1(C)C(C)(C)C)C(C)C. The van der Waals surface area contributed by atoms with E-state index in [-0.39, 0.29) is 22.8 Å². The third-order valence-corrected chi connectivity index (χ3v) is 4.91. The van der Waals surface area contributed by atoms with E-state index in [1.165, 1.54) is 7.11 Å². The van der Waals surface area contributed by atoms with Crippen molar-refractivity contribution >= 4 is 12.0 Å². The standard InChI is InChI=1S/C16H30N2O3/c1-11(2)12(17-14(20)21-7)13(19)18-10-8-9-16(18,6)15(3,4)5/h11-12H,8-10H2,1-7H3,(H,17,20)/t12-,16-/m0/s1. The molecule has 1 aliphatic rings. The third kappa shape index (κ3) is 3.50. The molecule has 122 valence electrons. The maximum absolute atomic E-state index is 13.0. The van der Waals surface area contributed by atoms with Crippen LogP contribution in [-0.4, -0.2) is 42.1 Å². The van der Waals surface area contributed by atoms with Crippen LogP contribution in [0.4, 0.5) is 4.79 Å². The largest absolute Gasteiger partial charge is 0.453 e. The van der Waals surface area contributed by atoms with Gasteiger partial charge >= 0.3 is 6.09 Å². The Morgan fingerprint density at radius 1 is 1.29 bits per heavy atom. The molecule has 0 spiro atoms. The molecule has 0 bridgehead atoms. The molecule has 5 nitrogen and oxygen atoms in total. The van der Waals surface area contributed by atoms with Crippen LogP contribution in [0.1, 0.15) is 54.4 Å². The van der Waals surface area contributed by atoms with Crippen LogP contribution in [0.2, 0.25) is 0 Å². The second kappa shape index (κ2) is 6.24. The zero-order valence-corrected chi connectivity index (χ0v) is 14.4. The molecule has 2 amide bonds. The number of ether oxygens (including phenoxy) is 1. The van der Waals surface area contributed by atoms with Crippen molar-refractivity contribution in [3.63, 3.8) is 0 Å². The molecule has 0 aromatic carbocycles. The molecular formula is C16H30N2O3. The van der Waals surface area contributed by atoms with Gasteiger partial charge < -0.3 is 15.0 Å². The van der Waals surface area contributed by atoms with Crippen molar-refractivity contribution in [1.82, 2.24) is 10.2 Å². The minimum atomic E-state index is -0.557. The van der Waals surface area contributed by atoms with E-state index >= 15 is 0 Å². The van der Waals surface area contributed by atoms with Gasteiger partial charge in [0.25, 0.3) is 0 Å². The van der Waals surface area contributed by atoms with Crippen molar-refractivity contribution in [3.8, 4) is 0 Å². The molecule has 0 unspecified atom stereocenters. The lowest BCUT2D eigenvalue weighted by Gasteiger charge is -2.47. The van der Waals surface area contributed by atoms with Gasteiger partial charge in [-0.15, -0.1) is 0 Å². The van der Waals surface area contributed by atoms with Crippen molar-refractivity contribution in [2.45, 2.75) is 66.0 Å². The lowest BCUT2D eigenvalue weighted by atomic mass is 9.73. The van der Waals surface area contributed by atoms with Gasteiger partial charge in [-0.25, -0.2) is 4.79 Å². The molecule has 0 aromatic rings. The van der Waals surface area contributed by atoms with Crippen LogP contribution >= 0.6 is 0 Å². The maximum atomic E-state index is 13.0. The van der Waals surface area contributed by atoms with Crippen LogP contribution in [0.25, 0.3) is 0 Å². The summed E-state index contributed by atoms with van der Waals surface area (Å²) in [6.45, 7) is 13.3. The fraction of sp³-hybridized carbons (Fsp3) is 0.875. The summed E-state index contributed by atoms with van der Waals surface area (Å²) in [6.07, 6.45) is 1.44. The predicted octanol–water partition coefficient (Wildman–Crippen LogP) is 2.79. The van der Waals surface area contributed by atoms with E-state index in [0.717, 1.165) is 19.4 Å². The maximum Gasteiger partial charge on any atom is 0.407 e. The third-order valence-electron chi connectivity index (χ3n) is 4.91. The molecule has 1 N–H and O–H groups in total. The van der Waals surface area contributed by atoms with Gasteiger partial charge in [0, 0.05) is 12.1 Å². The van der Waals surface area contributed by atoms with Crippen molar-refractivity contribution in [2.75, 3.05) is 13.7 Å². The van der Waals surface area contributed by atoms with Gasteiger partial charge in [-0.1, -0.05) is 34.6 Å². The van der Waals surface area contributed by atoms with Crippen LogP contribution in [0.5, 0.6) is 0 Å². The van der Waals surface area contributed by atoms with E-state index in [1.807, 2.05) is 18.7 Å². The molecular weight excluding hydrogens is 268 g/mol. The molecule has 0 aromatic heterocycles. The number of carbonyl (C=O) groups excluding carboxylic acids is 2. The predicted molar refractivity (Wildman–Crippen MR) is 83.0 cm³/mol. The normalized spacial score (nSPS) is 24.1. The summed E-state index contributed by atoms with van der Waals surface area (Å²) < 4.78 is 4.64. The minimum absolute atomic E-state index is 0.00798. The Morgan fingerprint density at radius 3 is 2.29 bits per heavy atom. The van der Waals surface area contributed by atoms with E-state index in [4.69, 9.17) is 0 Å². The molecule has 21 heavy (non-hydrogen) atoms. The number of rotatable bonds is 3. The summed E-state index contributed by atoms with van der Waals surface area (Å²) in [6, 6.07) is -0.544. The minimum Gasteiger partial charge on any atom is -0.453 e. The zero-order valence-electron chi connectivity index (χ0n) is 14.4. The Labute approximate surface area is 128 Å². The highest BCUT2D eigenvalue weighted by Crippen LogP contribution is 2.43. The van der Waals surface area contributed by atoms with Crippen molar-refractivity contribution in [2.24, 2.45) is 11.3 Å². The fourth-order valence-corrected chi connectivity index (χ4v) is 2.96. The second-order valence-corrected chi connectivity index (χ2v) is 7.47. The zero-order chi connectivity index (χ0) is 16.4. The second-order valence-electron chi connectivity index (χ2n) is 7.47. The first-order chi connectivity index (χ1) is 9.54. The number of hydrogen-bond donors (Lipinski definition) is 1. The van der Waals surface area contributed by atoms with Crippen LogP contribution in [0, 0.1) is 11.3 Å². The highest BCUT2D eigenvalue weighted by molar-refractivity contribution is 5.86. The van der Waals surface area contributed by atoms with Crippen LogP contribution in [-0.2, 0) is 9.53 Å². The molecule has 1 fully saturated rings. The molecule has 0 aliphatic carbocycles. The Morgan fingerprint density at radius 2 is 1.86 bits per heavy atom. The number of likely N-dealkylation sites (tertiary alicyclic amines) is 1. The first-order valence-corrected chi connectivity index (χ1v) is 7.70. The van der Waals surface area contributed by atoms with Gasteiger partial charge in [-0.2, -0.15) is 0 Å². The average Bonchev–Trinajstić information content (AvgIpc) is 2.77. The van der Waals surface area contributed by atoms with E-state index in [2.05, 4.69) is 37.7 Å². The highest BCUT2D eigenvalue weighted by Gasteiger charge is 2.49. The first kappa shape index (κ1) is 17.8. The lowest BCUT2D eigenvalue weighted by Crippen LogP contribution is -2.59. The number of amides is 2. The van der Waals surface area contributed by atoms with E-state index in [1.54, 1.807) is 0 Å². The van der Waals surface area contributed by atoms with E-state index < -0.39 is 12.1 Å². The number of carbonyl (C=O) groups is 2. The average molecular weight is 298 g/mol. The van der Waals surface area contributed by atoms with Gasteiger partial charge in [0.05, 0.1) is 7.11 Å². The Hall–Kier alpha value is -1.26. The monoisotopic (exact) mass is 298 g/mol. The molecule has 1 aliphatic heterocycles.